The number of hydrogen-bond donors (Lipinski definition) is 2. The quantitative estimate of drug-likeness (QED) is 0.290. The van der Waals surface area contributed by atoms with Gasteiger partial charge < -0.3 is 19.6 Å². The highest BCUT2D eigenvalue weighted by atomic mass is 16.5. The normalized spacial score (nSPS) is 10.8. The molecule has 168 valence electrons. The number of esters is 1. The zero-order valence-corrected chi connectivity index (χ0v) is 18.2. The molecule has 7 heteroatoms. The summed E-state index contributed by atoms with van der Waals surface area (Å²) in [4.78, 5) is 29.2. The largest absolute Gasteiger partial charge is 0.508 e. The Bertz CT molecular complexity index is 1280. The number of fused-ring (bicyclic) bond motifs is 1. The summed E-state index contributed by atoms with van der Waals surface area (Å²) in [6.45, 7) is 2.77. The number of nitrogens with zero attached hydrogens (tertiary/aromatic N) is 1. The summed E-state index contributed by atoms with van der Waals surface area (Å²) in [5, 5.41) is 12.4. The number of aromatic nitrogens is 1. The van der Waals surface area contributed by atoms with E-state index in [0.29, 0.717) is 29.1 Å². The van der Waals surface area contributed by atoms with Crippen LogP contribution in [0.2, 0.25) is 0 Å². The van der Waals surface area contributed by atoms with Crippen molar-refractivity contribution in [3.8, 4) is 17.2 Å². The minimum Gasteiger partial charge on any atom is -0.508 e. The molecule has 0 aliphatic carbocycles. The molecule has 0 bridgehead atoms. The van der Waals surface area contributed by atoms with Crippen LogP contribution in [0.5, 0.6) is 5.75 Å². The second kappa shape index (κ2) is 9.99. The molecule has 0 atom stereocenters. The molecular weight excluding hydrogens is 420 g/mol. The molecule has 0 aliphatic rings. The Morgan fingerprint density at radius 2 is 1.85 bits per heavy atom. The van der Waals surface area contributed by atoms with Crippen molar-refractivity contribution in [1.82, 2.24) is 10.3 Å². The van der Waals surface area contributed by atoms with Crippen molar-refractivity contribution in [1.29, 1.82) is 0 Å². The third-order valence-electron chi connectivity index (χ3n) is 5.13. The lowest BCUT2D eigenvalue weighted by Gasteiger charge is -2.06. The van der Waals surface area contributed by atoms with Gasteiger partial charge in [-0.15, -0.1) is 0 Å². The number of phenolic OH excluding ortho intramolecular Hbond substituents is 1. The summed E-state index contributed by atoms with van der Waals surface area (Å²) in [7, 11) is 0. The third-order valence-corrected chi connectivity index (χ3v) is 5.13. The van der Waals surface area contributed by atoms with Crippen LogP contribution < -0.4 is 5.32 Å². The molecule has 3 aromatic carbocycles. The smallest absolute Gasteiger partial charge is 0.338 e. The molecule has 4 rings (SSSR count). The lowest BCUT2D eigenvalue weighted by atomic mass is 10.1. The van der Waals surface area contributed by atoms with E-state index in [1.807, 2.05) is 24.3 Å². The topological polar surface area (TPSA) is 102 Å². The van der Waals surface area contributed by atoms with E-state index in [9.17, 15) is 14.7 Å². The van der Waals surface area contributed by atoms with Crippen molar-refractivity contribution in [2.24, 2.45) is 0 Å². The van der Waals surface area contributed by atoms with Crippen molar-refractivity contribution in [3.05, 3.63) is 83.4 Å². The fraction of sp³-hybridized carbons (Fsp3) is 0.192. The minimum absolute atomic E-state index is 0.00809. The standard InChI is InChI=1S/C26H24N2O5/c1-2-3-14-27-24(30)21-8-5-9-22-23(21)33-25(28-22)18-12-10-17(11-13-18)16-32-26(31)19-6-4-7-20(29)15-19/h4-13,15,29H,2-3,14,16H2,1H3,(H,27,30). The van der Waals surface area contributed by atoms with Gasteiger partial charge in [-0.2, -0.15) is 0 Å². The first-order valence-corrected chi connectivity index (χ1v) is 10.8. The van der Waals surface area contributed by atoms with Gasteiger partial charge in [0, 0.05) is 12.1 Å². The molecule has 7 nitrogen and oxygen atoms in total. The molecule has 0 saturated heterocycles. The fourth-order valence-electron chi connectivity index (χ4n) is 3.33. The molecule has 0 aliphatic heterocycles. The monoisotopic (exact) mass is 444 g/mol. The van der Waals surface area contributed by atoms with Gasteiger partial charge in [0.25, 0.3) is 5.91 Å². The van der Waals surface area contributed by atoms with Gasteiger partial charge in [-0.1, -0.05) is 37.6 Å². The van der Waals surface area contributed by atoms with E-state index < -0.39 is 5.97 Å². The van der Waals surface area contributed by atoms with Crippen LogP contribution in [0.1, 0.15) is 46.0 Å². The first-order chi connectivity index (χ1) is 16.0. The summed E-state index contributed by atoms with van der Waals surface area (Å²) < 4.78 is 11.3. The van der Waals surface area contributed by atoms with Gasteiger partial charge in [0.2, 0.25) is 5.89 Å². The molecule has 1 heterocycles. The maximum atomic E-state index is 12.5. The number of rotatable bonds is 8. The molecular formula is C26H24N2O5. The highest BCUT2D eigenvalue weighted by Gasteiger charge is 2.16. The van der Waals surface area contributed by atoms with Crippen LogP contribution in [0.15, 0.2) is 71.1 Å². The second-order valence-corrected chi connectivity index (χ2v) is 7.61. The lowest BCUT2D eigenvalue weighted by Crippen LogP contribution is -2.24. The van der Waals surface area contributed by atoms with Crippen LogP contribution in [0, 0.1) is 0 Å². The van der Waals surface area contributed by atoms with E-state index in [1.54, 1.807) is 30.3 Å². The predicted octanol–water partition coefficient (Wildman–Crippen LogP) is 5.09. The number of unbranched alkanes of at least 4 members (excludes halogenated alkanes) is 1. The first kappa shape index (κ1) is 22.1. The number of carbonyl (C=O) groups is 2. The molecule has 0 unspecified atom stereocenters. The summed E-state index contributed by atoms with van der Waals surface area (Å²) in [5.41, 5.74) is 3.33. The Balaban J connectivity index is 1.46. The number of hydrogen-bond acceptors (Lipinski definition) is 6. The summed E-state index contributed by atoms with van der Waals surface area (Å²) >= 11 is 0. The van der Waals surface area contributed by atoms with Crippen LogP contribution in [0.4, 0.5) is 0 Å². The summed E-state index contributed by atoms with van der Waals surface area (Å²) in [6.07, 6.45) is 1.92. The number of ether oxygens (including phenoxy) is 1. The Morgan fingerprint density at radius 3 is 2.61 bits per heavy atom. The van der Waals surface area contributed by atoms with Gasteiger partial charge in [0.05, 0.1) is 11.1 Å². The number of para-hydroxylation sites is 1. The minimum atomic E-state index is -0.515. The van der Waals surface area contributed by atoms with Crippen molar-refractivity contribution in [2.45, 2.75) is 26.4 Å². The van der Waals surface area contributed by atoms with E-state index in [-0.39, 0.29) is 23.8 Å². The molecule has 2 N–H and O–H groups in total. The van der Waals surface area contributed by atoms with Crippen LogP contribution >= 0.6 is 0 Å². The average Bonchev–Trinajstić information content (AvgIpc) is 3.27. The van der Waals surface area contributed by atoms with Crippen LogP contribution in [0.25, 0.3) is 22.6 Å². The zero-order chi connectivity index (χ0) is 23.2. The molecule has 33 heavy (non-hydrogen) atoms. The number of benzene rings is 3. The fourth-order valence-corrected chi connectivity index (χ4v) is 3.33. The predicted molar refractivity (Wildman–Crippen MR) is 124 cm³/mol. The van der Waals surface area contributed by atoms with E-state index in [4.69, 9.17) is 9.15 Å². The number of carbonyl (C=O) groups excluding carboxylic acids is 2. The molecule has 0 spiro atoms. The number of nitrogens with one attached hydrogen (secondary N) is 1. The van der Waals surface area contributed by atoms with E-state index in [1.165, 1.54) is 12.1 Å². The summed E-state index contributed by atoms with van der Waals surface area (Å²) in [6, 6.07) is 18.6. The van der Waals surface area contributed by atoms with E-state index in [0.717, 1.165) is 24.0 Å². The van der Waals surface area contributed by atoms with Gasteiger partial charge in [-0.25, -0.2) is 9.78 Å². The van der Waals surface area contributed by atoms with Crippen molar-refractivity contribution < 1.29 is 23.8 Å². The zero-order valence-electron chi connectivity index (χ0n) is 18.2. The van der Waals surface area contributed by atoms with Crippen molar-refractivity contribution in [3.63, 3.8) is 0 Å². The van der Waals surface area contributed by atoms with Gasteiger partial charge >= 0.3 is 5.97 Å². The Kier molecular flexibility index (Phi) is 6.69. The molecule has 4 aromatic rings. The maximum absolute atomic E-state index is 12.5. The SMILES string of the molecule is CCCCNC(=O)c1cccc2nc(-c3ccc(COC(=O)c4cccc(O)c4)cc3)oc12. The first-order valence-electron chi connectivity index (χ1n) is 10.8. The van der Waals surface area contributed by atoms with Crippen molar-refractivity contribution in [2.75, 3.05) is 6.54 Å². The molecule has 1 aromatic heterocycles. The van der Waals surface area contributed by atoms with Gasteiger partial charge in [-0.3, -0.25) is 4.79 Å². The maximum Gasteiger partial charge on any atom is 0.338 e. The molecule has 1 amide bonds. The number of phenols is 1. The van der Waals surface area contributed by atoms with Crippen LogP contribution in [-0.4, -0.2) is 28.5 Å². The van der Waals surface area contributed by atoms with Crippen LogP contribution in [0.3, 0.4) is 0 Å². The Hall–Kier alpha value is -4.13. The average molecular weight is 444 g/mol. The Labute approximate surface area is 191 Å². The molecule has 0 fully saturated rings. The highest BCUT2D eigenvalue weighted by Crippen LogP contribution is 2.27. The van der Waals surface area contributed by atoms with Gasteiger partial charge in [0.1, 0.15) is 17.9 Å². The van der Waals surface area contributed by atoms with E-state index in [2.05, 4.69) is 17.2 Å². The second-order valence-electron chi connectivity index (χ2n) is 7.61. The molecule has 0 radical (unpaired) electrons. The Morgan fingerprint density at radius 1 is 1.06 bits per heavy atom. The highest BCUT2D eigenvalue weighted by molar-refractivity contribution is 6.04. The number of amides is 1. The summed E-state index contributed by atoms with van der Waals surface area (Å²) in [5.74, 6) is -0.282. The number of oxazole rings is 1. The van der Waals surface area contributed by atoms with Gasteiger partial charge in [0.15, 0.2) is 5.58 Å². The molecule has 0 saturated carbocycles. The van der Waals surface area contributed by atoms with Gasteiger partial charge in [-0.05, 0) is 54.4 Å². The van der Waals surface area contributed by atoms with E-state index >= 15 is 0 Å². The third kappa shape index (κ3) is 5.20. The lowest BCUT2D eigenvalue weighted by molar-refractivity contribution is 0.0472. The van der Waals surface area contributed by atoms with Crippen molar-refractivity contribution >= 4 is 23.0 Å². The number of aromatic hydroxyl groups is 1. The van der Waals surface area contributed by atoms with Crippen LogP contribution in [-0.2, 0) is 11.3 Å².